The summed E-state index contributed by atoms with van der Waals surface area (Å²) in [4.78, 5) is 12.5. The maximum atomic E-state index is 11.2. The minimum Gasteiger partial charge on any atom is -0.492 e. The molecular weight excluding hydrogens is 550 g/mol. The molecule has 0 fully saturated rings. The number of halogens is 1. The van der Waals surface area contributed by atoms with Crippen LogP contribution >= 0.6 is 24.2 Å². The van der Waals surface area contributed by atoms with Crippen LogP contribution in [0.25, 0.3) is 0 Å². The predicted molar refractivity (Wildman–Crippen MR) is 140 cm³/mol. The quantitative estimate of drug-likeness (QED) is 0.0798. The van der Waals surface area contributed by atoms with Crippen LogP contribution in [0, 0.1) is 0 Å². The Morgan fingerprint density at radius 1 is 0.842 bits per heavy atom. The number of rotatable bonds is 18. The molecule has 1 rings (SSSR count). The minimum absolute atomic E-state index is 0. The second-order valence-electron chi connectivity index (χ2n) is 8.63. The fourth-order valence-corrected chi connectivity index (χ4v) is 3.88. The monoisotopic (exact) mass is 589 g/mol. The van der Waals surface area contributed by atoms with E-state index in [0.29, 0.717) is 11.5 Å². The van der Waals surface area contributed by atoms with Crippen molar-refractivity contribution >= 4 is 29.3 Å². The van der Waals surface area contributed by atoms with Gasteiger partial charge in [0.1, 0.15) is 49.0 Å². The third kappa shape index (κ3) is 12.8. The molecule has 0 radical (unpaired) electrons. The van der Waals surface area contributed by atoms with Gasteiger partial charge >= 0.3 is 0 Å². The number of hydrogen-bond acceptors (Lipinski definition) is 14. The van der Waals surface area contributed by atoms with Crippen molar-refractivity contribution in [3.05, 3.63) is 29.8 Å². The van der Waals surface area contributed by atoms with Crippen LogP contribution in [-0.4, -0.2) is 149 Å². The lowest BCUT2D eigenvalue weighted by atomic mass is 10.0. The first-order valence-electron chi connectivity index (χ1n) is 11.6. The van der Waals surface area contributed by atoms with Gasteiger partial charge in [-0.15, -0.1) is 12.4 Å². The van der Waals surface area contributed by atoms with Crippen molar-refractivity contribution in [3.63, 3.8) is 0 Å². The van der Waals surface area contributed by atoms with Crippen LogP contribution in [0.2, 0.25) is 0 Å². The number of carbonyl (C=O) groups is 1. The molecule has 15 heteroatoms. The smallest absolute Gasteiger partial charge is 0.186 e. The first-order valence-corrected chi connectivity index (χ1v) is 12.6. The molecular formula is C23H40ClNO12S. The summed E-state index contributed by atoms with van der Waals surface area (Å²) in [5.41, 5.74) is 0.847. The summed E-state index contributed by atoms with van der Waals surface area (Å²) in [6.07, 6.45) is -14.2. The highest BCUT2D eigenvalue weighted by atomic mass is 35.5. The number of nitrogens with zero attached hydrogens (tertiary/aromatic N) is 1. The lowest BCUT2D eigenvalue weighted by Crippen LogP contribution is -2.53. The molecule has 0 saturated heterocycles. The largest absolute Gasteiger partial charge is 0.492 e. The topological polar surface area (TPSA) is 232 Å². The molecule has 0 amide bonds. The average molecular weight is 590 g/mol. The number of benzene rings is 1. The van der Waals surface area contributed by atoms with Crippen molar-refractivity contribution in [2.75, 3.05) is 39.5 Å². The molecule has 0 aliphatic heterocycles. The van der Waals surface area contributed by atoms with Gasteiger partial charge in [-0.2, -0.15) is 0 Å². The SMILES string of the molecule is CC(=O)SCc1cccc(OCCN(CC(O)C(O)C(O)C(O)CO)CC(O)C(O)C(O)C(O)CO)c1.Cl. The Morgan fingerprint density at radius 3 is 1.76 bits per heavy atom. The van der Waals surface area contributed by atoms with Crippen LogP contribution in [0.3, 0.4) is 0 Å². The van der Waals surface area contributed by atoms with Crippen molar-refractivity contribution in [2.24, 2.45) is 0 Å². The maximum Gasteiger partial charge on any atom is 0.186 e. The normalized spacial score (nSPS) is 18.0. The summed E-state index contributed by atoms with van der Waals surface area (Å²) < 4.78 is 5.71. The Balaban J connectivity index is 0.0000137. The number of carbonyl (C=O) groups excluding carboxylic acids is 1. The lowest BCUT2D eigenvalue weighted by Gasteiger charge is -2.33. The molecule has 1 aromatic carbocycles. The number of aliphatic hydroxyl groups excluding tert-OH is 10. The van der Waals surface area contributed by atoms with E-state index in [-0.39, 0.29) is 30.7 Å². The summed E-state index contributed by atoms with van der Waals surface area (Å²) in [6.45, 7) is -1.03. The predicted octanol–water partition coefficient (Wildman–Crippen LogP) is -3.56. The van der Waals surface area contributed by atoms with E-state index < -0.39 is 75.1 Å². The van der Waals surface area contributed by atoms with E-state index in [1.807, 2.05) is 6.07 Å². The van der Waals surface area contributed by atoms with Crippen molar-refractivity contribution < 1.29 is 60.6 Å². The molecule has 222 valence electrons. The van der Waals surface area contributed by atoms with Crippen molar-refractivity contribution in [1.82, 2.24) is 4.90 Å². The van der Waals surface area contributed by atoms with Gasteiger partial charge < -0.3 is 55.8 Å². The van der Waals surface area contributed by atoms with E-state index in [4.69, 9.17) is 14.9 Å². The Labute approximate surface area is 231 Å². The van der Waals surface area contributed by atoms with Gasteiger partial charge in [0.15, 0.2) is 5.12 Å². The van der Waals surface area contributed by atoms with Crippen LogP contribution in [0.15, 0.2) is 24.3 Å². The van der Waals surface area contributed by atoms with Gasteiger partial charge in [0.2, 0.25) is 0 Å². The van der Waals surface area contributed by atoms with E-state index in [0.717, 1.165) is 17.3 Å². The molecule has 0 aliphatic carbocycles. The summed E-state index contributed by atoms with van der Waals surface area (Å²) in [6, 6.07) is 6.98. The van der Waals surface area contributed by atoms with Gasteiger partial charge in [0, 0.05) is 32.3 Å². The zero-order valence-corrected chi connectivity index (χ0v) is 22.6. The lowest BCUT2D eigenvalue weighted by molar-refractivity contribution is -0.130. The van der Waals surface area contributed by atoms with Crippen molar-refractivity contribution in [3.8, 4) is 5.75 Å². The molecule has 1 aromatic rings. The number of aliphatic hydroxyl groups is 10. The second kappa shape index (κ2) is 19.0. The molecule has 0 heterocycles. The number of thioether (sulfide) groups is 1. The van der Waals surface area contributed by atoms with Gasteiger partial charge in [-0.1, -0.05) is 23.9 Å². The van der Waals surface area contributed by atoms with E-state index in [1.165, 1.54) is 11.8 Å². The fourth-order valence-electron chi connectivity index (χ4n) is 3.33. The van der Waals surface area contributed by atoms with Gasteiger partial charge in [-0.3, -0.25) is 9.69 Å². The van der Waals surface area contributed by atoms with Crippen molar-refractivity contribution in [2.45, 2.75) is 61.5 Å². The molecule has 13 nitrogen and oxygen atoms in total. The summed E-state index contributed by atoms with van der Waals surface area (Å²) in [7, 11) is 0. The highest BCUT2D eigenvalue weighted by Gasteiger charge is 2.34. The molecule has 0 saturated carbocycles. The second-order valence-corrected chi connectivity index (χ2v) is 9.78. The average Bonchev–Trinajstić information content (AvgIpc) is 2.89. The van der Waals surface area contributed by atoms with Gasteiger partial charge in [-0.05, 0) is 17.7 Å². The summed E-state index contributed by atoms with van der Waals surface area (Å²) >= 11 is 1.14. The van der Waals surface area contributed by atoms with E-state index in [9.17, 15) is 45.6 Å². The van der Waals surface area contributed by atoms with Crippen LogP contribution in [0.5, 0.6) is 5.75 Å². The molecule has 0 aliphatic rings. The zero-order chi connectivity index (χ0) is 28.1. The standard InChI is InChI=1S/C23H39NO12S.ClH/c1-13(27)37-12-14-3-2-4-15(7-14)36-6-5-24(8-16(28)20(32)22(34)18(30)10-25)9-17(29)21(33)23(35)19(31)11-26;/h2-4,7,16-23,25-26,28-35H,5-6,8-12H2,1H3;1H. The highest BCUT2D eigenvalue weighted by Crippen LogP contribution is 2.19. The van der Waals surface area contributed by atoms with E-state index in [2.05, 4.69) is 0 Å². The van der Waals surface area contributed by atoms with Crippen molar-refractivity contribution in [1.29, 1.82) is 0 Å². The number of ether oxygens (including phenoxy) is 1. The zero-order valence-electron chi connectivity index (χ0n) is 20.9. The van der Waals surface area contributed by atoms with Crippen LogP contribution in [0.4, 0.5) is 0 Å². The highest BCUT2D eigenvalue weighted by molar-refractivity contribution is 8.12. The van der Waals surface area contributed by atoms with Gasteiger partial charge in [0.05, 0.1) is 25.4 Å². The van der Waals surface area contributed by atoms with Gasteiger partial charge in [0.25, 0.3) is 0 Å². The van der Waals surface area contributed by atoms with Crippen LogP contribution < -0.4 is 4.74 Å². The first-order chi connectivity index (χ1) is 17.4. The molecule has 0 spiro atoms. The molecule has 0 bridgehead atoms. The van der Waals surface area contributed by atoms with E-state index in [1.54, 1.807) is 18.2 Å². The molecule has 8 atom stereocenters. The summed E-state index contributed by atoms with van der Waals surface area (Å²) in [5, 5.41) is 97.6. The Morgan fingerprint density at radius 2 is 1.32 bits per heavy atom. The maximum absolute atomic E-state index is 11.2. The first kappa shape index (κ1) is 36.9. The molecule has 8 unspecified atom stereocenters. The van der Waals surface area contributed by atoms with Crippen LogP contribution in [-0.2, 0) is 10.5 Å². The third-order valence-electron chi connectivity index (χ3n) is 5.56. The Hall–Kier alpha value is -1.11. The third-order valence-corrected chi connectivity index (χ3v) is 6.44. The molecule has 38 heavy (non-hydrogen) atoms. The van der Waals surface area contributed by atoms with Gasteiger partial charge in [-0.25, -0.2) is 0 Å². The fraction of sp³-hybridized carbons (Fsp3) is 0.696. The Bertz CT molecular complexity index is 767. The van der Waals surface area contributed by atoms with E-state index >= 15 is 0 Å². The van der Waals surface area contributed by atoms with Crippen LogP contribution in [0.1, 0.15) is 12.5 Å². The summed E-state index contributed by atoms with van der Waals surface area (Å²) in [5.74, 6) is 0.933. The molecule has 10 N–H and O–H groups in total. The number of hydrogen-bond donors (Lipinski definition) is 10. The molecule has 0 aromatic heterocycles. The minimum atomic E-state index is -1.87. The Kier molecular flexibility index (Phi) is 18.5.